The number of nitrogens with zero attached hydrogens (tertiary/aromatic N) is 4. The first-order valence-corrected chi connectivity index (χ1v) is 12.6. The molecule has 2 aromatic rings. The van der Waals surface area contributed by atoms with Crippen LogP contribution in [0, 0.1) is 5.92 Å². The Kier molecular flexibility index (Phi) is 8.40. The first kappa shape index (κ1) is 24.5. The molecule has 0 spiro atoms. The van der Waals surface area contributed by atoms with E-state index >= 15 is 0 Å². The molecule has 4 rings (SSSR count). The highest BCUT2D eigenvalue weighted by molar-refractivity contribution is 5.94. The zero-order valence-corrected chi connectivity index (χ0v) is 20.3. The van der Waals surface area contributed by atoms with E-state index in [1.54, 1.807) is 17.3 Å². The molecule has 5 atom stereocenters. The highest BCUT2D eigenvalue weighted by Crippen LogP contribution is 2.36. The number of nitrogens with one attached hydrogen (secondary N) is 1. The van der Waals surface area contributed by atoms with Crippen molar-refractivity contribution in [3.8, 4) is 0 Å². The highest BCUT2D eigenvalue weighted by atomic mass is 16.3. The summed E-state index contributed by atoms with van der Waals surface area (Å²) in [7, 11) is 1.87. The maximum atomic E-state index is 13.0. The summed E-state index contributed by atoms with van der Waals surface area (Å²) in [6, 6.07) is 12.4. The summed E-state index contributed by atoms with van der Waals surface area (Å²) >= 11 is 0. The van der Waals surface area contributed by atoms with Crippen LogP contribution in [0.25, 0.3) is 0 Å². The Balaban J connectivity index is 1.27. The van der Waals surface area contributed by atoms with Gasteiger partial charge in [0.05, 0.1) is 18.2 Å². The van der Waals surface area contributed by atoms with E-state index < -0.39 is 6.10 Å². The Morgan fingerprint density at radius 2 is 1.97 bits per heavy atom. The van der Waals surface area contributed by atoms with Crippen LogP contribution < -0.4 is 5.32 Å². The number of carbonyl (C=O) groups is 1. The Morgan fingerprint density at radius 3 is 2.71 bits per heavy atom. The zero-order chi connectivity index (χ0) is 23.9. The predicted octanol–water partition coefficient (Wildman–Crippen LogP) is 4.19. The number of aliphatic hydroxyl groups excluding tert-OH is 1. The van der Waals surface area contributed by atoms with Gasteiger partial charge >= 0.3 is 0 Å². The van der Waals surface area contributed by atoms with E-state index in [-0.39, 0.29) is 18.0 Å². The van der Waals surface area contributed by atoms with Crippen molar-refractivity contribution >= 4 is 5.91 Å². The molecule has 0 radical (unpaired) electrons. The van der Waals surface area contributed by atoms with E-state index in [1.165, 1.54) is 24.8 Å². The van der Waals surface area contributed by atoms with Crippen molar-refractivity contribution in [2.75, 3.05) is 20.1 Å². The van der Waals surface area contributed by atoms with Crippen molar-refractivity contribution in [1.29, 1.82) is 0 Å². The molecule has 5 unspecified atom stereocenters. The summed E-state index contributed by atoms with van der Waals surface area (Å²) in [6.45, 7) is 3.25. The number of amides is 1. The molecule has 1 fully saturated rings. The molecule has 1 aliphatic heterocycles. The van der Waals surface area contributed by atoms with Gasteiger partial charge in [-0.25, -0.2) is 0 Å². The second-order valence-electron chi connectivity index (χ2n) is 9.72. The Labute approximate surface area is 202 Å². The first-order chi connectivity index (χ1) is 16.5. The third-order valence-electron chi connectivity index (χ3n) is 7.29. The number of azo groups is 1. The van der Waals surface area contributed by atoms with Crippen molar-refractivity contribution in [2.45, 2.75) is 69.7 Å². The molecule has 34 heavy (non-hydrogen) atoms. The van der Waals surface area contributed by atoms with Crippen molar-refractivity contribution in [1.82, 2.24) is 15.2 Å². The van der Waals surface area contributed by atoms with Crippen molar-refractivity contribution in [3.63, 3.8) is 0 Å². The highest BCUT2D eigenvalue weighted by Gasteiger charge is 2.37. The van der Waals surface area contributed by atoms with Crippen LogP contribution in [0.2, 0.25) is 0 Å². The largest absolute Gasteiger partial charge is 0.387 e. The molecule has 0 bridgehead atoms. The fourth-order valence-corrected chi connectivity index (χ4v) is 5.14. The second kappa shape index (κ2) is 11.7. The fraction of sp³-hybridized carbons (Fsp3) is 0.556. The molecule has 1 aliphatic carbocycles. The lowest BCUT2D eigenvalue weighted by molar-refractivity contribution is 0.0775. The van der Waals surface area contributed by atoms with Crippen LogP contribution in [0.3, 0.4) is 0 Å². The van der Waals surface area contributed by atoms with E-state index in [4.69, 9.17) is 0 Å². The van der Waals surface area contributed by atoms with Crippen molar-refractivity contribution < 1.29 is 9.90 Å². The minimum absolute atomic E-state index is 0.0331. The minimum atomic E-state index is -0.582. The lowest BCUT2D eigenvalue weighted by Gasteiger charge is -2.28. The number of fused-ring (bicyclic) bond motifs is 1. The summed E-state index contributed by atoms with van der Waals surface area (Å²) in [5.74, 6) is 0.535. The number of aliphatic hydroxyl groups is 1. The zero-order valence-electron chi connectivity index (χ0n) is 20.3. The van der Waals surface area contributed by atoms with Gasteiger partial charge in [0.2, 0.25) is 0 Å². The number of hydrogen-bond donors (Lipinski definition) is 2. The Hall–Kier alpha value is -2.64. The molecule has 7 nitrogen and oxygen atoms in total. The van der Waals surface area contributed by atoms with E-state index in [0.717, 1.165) is 24.8 Å². The molecule has 182 valence electrons. The predicted molar refractivity (Wildman–Crippen MR) is 133 cm³/mol. The maximum absolute atomic E-state index is 13.0. The molecule has 2 aliphatic rings. The smallest absolute Gasteiger partial charge is 0.253 e. The molecule has 1 aromatic carbocycles. The molecule has 1 saturated carbocycles. The van der Waals surface area contributed by atoms with Crippen LogP contribution in [-0.2, 0) is 6.42 Å². The number of benzene rings is 1. The molecule has 1 amide bonds. The molecule has 0 saturated heterocycles. The summed E-state index contributed by atoms with van der Waals surface area (Å²) < 4.78 is 0. The normalized spacial score (nSPS) is 23.3. The maximum Gasteiger partial charge on any atom is 0.253 e. The van der Waals surface area contributed by atoms with Crippen LogP contribution >= 0.6 is 0 Å². The third kappa shape index (κ3) is 6.07. The fourth-order valence-electron chi connectivity index (χ4n) is 5.14. The monoisotopic (exact) mass is 463 g/mol. The van der Waals surface area contributed by atoms with Gasteiger partial charge in [0.1, 0.15) is 0 Å². The average molecular weight is 464 g/mol. The van der Waals surface area contributed by atoms with E-state index in [0.29, 0.717) is 30.6 Å². The molecular formula is C27H37N5O2. The van der Waals surface area contributed by atoms with Gasteiger partial charge < -0.3 is 15.3 Å². The standard InChI is InChI=1S/C27H37N5O2/c1-3-22(29-17-26(33)21-7-6-14-28-16-21)15-19-10-12-20(13-11-19)27(34)32(2)18-25-23-8-4-5-9-24(23)30-31-25/h6-7,10-14,16,22-26,29,33H,3-5,8-9,15,17-18H2,1-2H3. The quantitative estimate of drug-likeness (QED) is 0.553. The molecule has 1 aromatic heterocycles. The summed E-state index contributed by atoms with van der Waals surface area (Å²) in [5.41, 5.74) is 2.69. The van der Waals surface area contributed by atoms with E-state index in [9.17, 15) is 9.90 Å². The number of aromatic nitrogens is 1. The van der Waals surface area contributed by atoms with Gasteiger partial charge in [-0.15, -0.1) is 0 Å². The molecule has 2 N–H and O–H groups in total. The third-order valence-corrected chi connectivity index (χ3v) is 7.29. The number of likely N-dealkylation sites (N-methyl/N-ethyl adjacent to an activating group) is 1. The topological polar surface area (TPSA) is 90.2 Å². The SMILES string of the molecule is CCC(Cc1ccc(C(=O)N(C)CC2N=NC3CCCCC32)cc1)NCC(O)c1cccnc1. The Morgan fingerprint density at radius 1 is 1.18 bits per heavy atom. The second-order valence-corrected chi connectivity index (χ2v) is 9.72. The van der Waals surface area contributed by atoms with Crippen molar-refractivity contribution in [3.05, 3.63) is 65.5 Å². The number of hydrogen-bond acceptors (Lipinski definition) is 6. The van der Waals surface area contributed by atoms with E-state index in [2.05, 4.69) is 27.5 Å². The number of carbonyl (C=O) groups excluding carboxylic acids is 1. The van der Waals surface area contributed by atoms with Crippen LogP contribution in [-0.4, -0.2) is 59.2 Å². The molecular weight excluding hydrogens is 426 g/mol. The van der Waals surface area contributed by atoms with Crippen LogP contribution in [0.5, 0.6) is 0 Å². The lowest BCUT2D eigenvalue weighted by atomic mass is 9.81. The lowest BCUT2D eigenvalue weighted by Crippen LogP contribution is -2.38. The molecule has 2 heterocycles. The minimum Gasteiger partial charge on any atom is -0.387 e. The Bertz CT molecular complexity index is 949. The van der Waals surface area contributed by atoms with Gasteiger partial charge in [-0.1, -0.05) is 38.0 Å². The van der Waals surface area contributed by atoms with Gasteiger partial charge in [0.25, 0.3) is 5.91 Å². The van der Waals surface area contributed by atoms with Gasteiger partial charge in [-0.3, -0.25) is 9.78 Å². The average Bonchev–Trinajstić information content (AvgIpc) is 3.29. The summed E-state index contributed by atoms with van der Waals surface area (Å²) in [6.07, 6.45) is 9.41. The van der Waals surface area contributed by atoms with Gasteiger partial charge in [0.15, 0.2) is 0 Å². The van der Waals surface area contributed by atoms with E-state index in [1.807, 2.05) is 43.4 Å². The van der Waals surface area contributed by atoms with Crippen LogP contribution in [0.1, 0.15) is 66.6 Å². The number of rotatable bonds is 10. The first-order valence-electron chi connectivity index (χ1n) is 12.6. The summed E-state index contributed by atoms with van der Waals surface area (Å²) in [5, 5.41) is 22.8. The number of pyridine rings is 1. The van der Waals surface area contributed by atoms with Crippen molar-refractivity contribution in [2.24, 2.45) is 16.1 Å². The van der Waals surface area contributed by atoms with Crippen LogP contribution in [0.4, 0.5) is 0 Å². The van der Waals surface area contributed by atoms with Crippen LogP contribution in [0.15, 0.2) is 59.0 Å². The van der Waals surface area contributed by atoms with Gasteiger partial charge in [-0.2, -0.15) is 10.2 Å². The molecule has 7 heteroatoms. The van der Waals surface area contributed by atoms with Gasteiger partial charge in [0, 0.05) is 55.6 Å². The summed E-state index contributed by atoms with van der Waals surface area (Å²) in [4.78, 5) is 18.9. The van der Waals surface area contributed by atoms with Gasteiger partial charge in [-0.05, 0) is 49.4 Å².